The molecule has 0 N–H and O–H groups in total. The van der Waals surface area contributed by atoms with Crippen molar-refractivity contribution in [3.8, 4) is 6.07 Å². The van der Waals surface area contributed by atoms with Crippen LogP contribution in [0.1, 0.15) is 28.1 Å². The average molecular weight is 294 g/mol. The van der Waals surface area contributed by atoms with Crippen molar-refractivity contribution in [1.82, 2.24) is 4.57 Å². The number of ether oxygens (including phenoxy) is 1. The first kappa shape index (κ1) is 16.1. The van der Waals surface area contributed by atoms with Gasteiger partial charge in [-0.2, -0.15) is 5.26 Å². The summed E-state index contributed by atoms with van der Waals surface area (Å²) in [7, 11) is 1.71. The molecule has 3 nitrogen and oxygen atoms in total. The molecule has 22 heavy (non-hydrogen) atoms. The minimum absolute atomic E-state index is 0.683. The van der Waals surface area contributed by atoms with Crippen molar-refractivity contribution in [2.45, 2.75) is 27.3 Å². The summed E-state index contributed by atoms with van der Waals surface area (Å²) in [5.41, 5.74) is 6.27. The number of allylic oxidation sites excluding steroid dienone is 1. The van der Waals surface area contributed by atoms with Gasteiger partial charge in [0.05, 0.1) is 18.2 Å². The highest BCUT2D eigenvalue weighted by molar-refractivity contribution is 5.90. The SMILES string of the molecule is COCCn1c(C)cc(C=C(C#N)c2ccc(C)cc2)c1C. The number of hydrogen-bond donors (Lipinski definition) is 0. The third kappa shape index (κ3) is 3.47. The lowest BCUT2D eigenvalue weighted by atomic mass is 10.0. The molecule has 0 spiro atoms. The van der Waals surface area contributed by atoms with Gasteiger partial charge >= 0.3 is 0 Å². The Bertz CT molecular complexity index is 715. The summed E-state index contributed by atoms with van der Waals surface area (Å²) >= 11 is 0. The zero-order valence-electron chi connectivity index (χ0n) is 13.7. The fourth-order valence-electron chi connectivity index (χ4n) is 2.57. The second-order valence-electron chi connectivity index (χ2n) is 5.51. The molecule has 1 aromatic heterocycles. The van der Waals surface area contributed by atoms with E-state index in [1.54, 1.807) is 7.11 Å². The van der Waals surface area contributed by atoms with Gasteiger partial charge in [0.2, 0.25) is 0 Å². The second kappa shape index (κ2) is 7.11. The lowest BCUT2D eigenvalue weighted by molar-refractivity contribution is 0.186. The van der Waals surface area contributed by atoms with E-state index in [-0.39, 0.29) is 0 Å². The average Bonchev–Trinajstić information content (AvgIpc) is 2.78. The van der Waals surface area contributed by atoms with Crippen LogP contribution < -0.4 is 0 Å². The summed E-state index contributed by atoms with van der Waals surface area (Å²) in [4.78, 5) is 0. The maximum Gasteiger partial charge on any atom is 0.0998 e. The van der Waals surface area contributed by atoms with Crippen molar-refractivity contribution >= 4 is 11.6 Å². The van der Waals surface area contributed by atoms with Crippen LogP contribution >= 0.6 is 0 Å². The number of aromatic nitrogens is 1. The van der Waals surface area contributed by atoms with E-state index in [1.165, 1.54) is 11.3 Å². The largest absolute Gasteiger partial charge is 0.383 e. The Hall–Kier alpha value is -2.31. The lowest BCUT2D eigenvalue weighted by Gasteiger charge is -2.08. The summed E-state index contributed by atoms with van der Waals surface area (Å²) in [6.07, 6.45) is 1.97. The molecule has 0 fully saturated rings. The first-order valence-electron chi connectivity index (χ1n) is 7.41. The Morgan fingerprint density at radius 3 is 2.50 bits per heavy atom. The number of nitriles is 1. The van der Waals surface area contributed by atoms with Crippen LogP contribution in [-0.2, 0) is 11.3 Å². The molecule has 0 atom stereocenters. The van der Waals surface area contributed by atoms with Gasteiger partial charge in [0.15, 0.2) is 0 Å². The molecule has 2 aromatic rings. The highest BCUT2D eigenvalue weighted by Gasteiger charge is 2.09. The molecule has 0 bridgehead atoms. The molecular weight excluding hydrogens is 272 g/mol. The van der Waals surface area contributed by atoms with E-state index in [2.05, 4.69) is 30.6 Å². The molecule has 0 aliphatic carbocycles. The molecule has 0 aliphatic heterocycles. The minimum Gasteiger partial charge on any atom is -0.383 e. The summed E-state index contributed by atoms with van der Waals surface area (Å²) < 4.78 is 7.38. The van der Waals surface area contributed by atoms with Gasteiger partial charge in [-0.3, -0.25) is 0 Å². The fourth-order valence-corrected chi connectivity index (χ4v) is 2.57. The van der Waals surface area contributed by atoms with Crippen molar-refractivity contribution < 1.29 is 4.74 Å². The zero-order valence-corrected chi connectivity index (χ0v) is 13.7. The van der Waals surface area contributed by atoms with Gasteiger partial charge in [0.1, 0.15) is 0 Å². The van der Waals surface area contributed by atoms with E-state index in [0.717, 1.165) is 23.4 Å². The van der Waals surface area contributed by atoms with Crippen LogP contribution in [0.4, 0.5) is 0 Å². The maximum atomic E-state index is 9.47. The van der Waals surface area contributed by atoms with Gasteiger partial charge in [-0.05, 0) is 44.0 Å². The molecule has 0 amide bonds. The van der Waals surface area contributed by atoms with Crippen LogP contribution in [0.15, 0.2) is 30.3 Å². The van der Waals surface area contributed by atoms with Gasteiger partial charge in [-0.15, -0.1) is 0 Å². The van der Waals surface area contributed by atoms with Crippen LogP contribution in [-0.4, -0.2) is 18.3 Å². The third-order valence-corrected chi connectivity index (χ3v) is 3.91. The van der Waals surface area contributed by atoms with Crippen molar-refractivity contribution in [2.24, 2.45) is 0 Å². The van der Waals surface area contributed by atoms with Gasteiger partial charge in [-0.1, -0.05) is 29.8 Å². The standard InChI is InChI=1S/C19H22N2O/c1-14-5-7-17(8-6-14)19(13-20)12-18-11-15(2)21(16(18)3)9-10-22-4/h5-8,11-12H,9-10H2,1-4H3. The highest BCUT2D eigenvalue weighted by atomic mass is 16.5. The number of nitrogens with zero attached hydrogens (tertiary/aromatic N) is 2. The molecular formula is C19H22N2O. The fraction of sp³-hybridized carbons (Fsp3) is 0.316. The molecule has 1 aromatic carbocycles. The van der Waals surface area contributed by atoms with E-state index < -0.39 is 0 Å². The normalized spacial score (nSPS) is 11.5. The Labute approximate surface area is 132 Å². The van der Waals surface area contributed by atoms with Crippen molar-refractivity contribution in [3.05, 3.63) is 58.4 Å². The summed E-state index contributed by atoms with van der Waals surface area (Å²) in [5.74, 6) is 0. The van der Waals surface area contributed by atoms with Crippen molar-refractivity contribution in [3.63, 3.8) is 0 Å². The van der Waals surface area contributed by atoms with Crippen LogP contribution in [0.25, 0.3) is 11.6 Å². The van der Waals surface area contributed by atoms with Gasteiger partial charge in [0, 0.05) is 25.0 Å². The summed E-state index contributed by atoms with van der Waals surface area (Å²) in [6.45, 7) is 7.72. The summed E-state index contributed by atoms with van der Waals surface area (Å²) in [5, 5.41) is 9.47. The Morgan fingerprint density at radius 1 is 1.23 bits per heavy atom. The second-order valence-corrected chi connectivity index (χ2v) is 5.51. The maximum absolute atomic E-state index is 9.47. The van der Waals surface area contributed by atoms with E-state index >= 15 is 0 Å². The minimum atomic E-state index is 0.683. The molecule has 0 saturated carbocycles. The quantitative estimate of drug-likeness (QED) is 0.778. The van der Waals surface area contributed by atoms with E-state index in [9.17, 15) is 5.26 Å². The lowest BCUT2D eigenvalue weighted by Crippen LogP contribution is -2.07. The number of rotatable bonds is 5. The number of hydrogen-bond acceptors (Lipinski definition) is 2. The predicted molar refractivity (Wildman–Crippen MR) is 90.4 cm³/mol. The molecule has 0 aliphatic rings. The van der Waals surface area contributed by atoms with Gasteiger partial charge < -0.3 is 9.30 Å². The van der Waals surface area contributed by atoms with E-state index in [1.807, 2.05) is 37.3 Å². The van der Waals surface area contributed by atoms with Gasteiger partial charge in [0.25, 0.3) is 0 Å². The first-order valence-corrected chi connectivity index (χ1v) is 7.41. The van der Waals surface area contributed by atoms with E-state index in [0.29, 0.717) is 12.2 Å². The molecule has 3 heteroatoms. The summed E-state index contributed by atoms with van der Waals surface area (Å²) in [6, 6.07) is 12.5. The first-order chi connectivity index (χ1) is 10.6. The number of aryl methyl sites for hydroxylation is 2. The topological polar surface area (TPSA) is 38.0 Å². The van der Waals surface area contributed by atoms with Crippen molar-refractivity contribution in [2.75, 3.05) is 13.7 Å². The molecule has 0 saturated heterocycles. The predicted octanol–water partition coefficient (Wildman–Crippen LogP) is 4.12. The molecule has 0 unspecified atom stereocenters. The van der Waals surface area contributed by atoms with Crippen LogP contribution in [0.3, 0.4) is 0 Å². The van der Waals surface area contributed by atoms with E-state index in [4.69, 9.17) is 4.74 Å². The number of methoxy groups -OCH3 is 1. The van der Waals surface area contributed by atoms with Gasteiger partial charge in [-0.25, -0.2) is 0 Å². The monoisotopic (exact) mass is 294 g/mol. The third-order valence-electron chi connectivity index (χ3n) is 3.91. The number of benzene rings is 1. The Kier molecular flexibility index (Phi) is 5.19. The van der Waals surface area contributed by atoms with Crippen molar-refractivity contribution in [1.29, 1.82) is 5.26 Å². The Morgan fingerprint density at radius 2 is 1.91 bits per heavy atom. The highest BCUT2D eigenvalue weighted by Crippen LogP contribution is 2.22. The molecule has 0 radical (unpaired) electrons. The Balaban J connectivity index is 2.38. The van der Waals surface area contributed by atoms with Crippen LogP contribution in [0.5, 0.6) is 0 Å². The smallest absolute Gasteiger partial charge is 0.0998 e. The molecule has 1 heterocycles. The zero-order chi connectivity index (χ0) is 16.1. The molecule has 2 rings (SSSR count). The molecule has 114 valence electrons. The van der Waals surface area contributed by atoms with Crippen LogP contribution in [0, 0.1) is 32.1 Å². The van der Waals surface area contributed by atoms with Crippen LogP contribution in [0.2, 0.25) is 0 Å².